The number of ether oxygens (including phenoxy) is 1. The highest BCUT2D eigenvalue weighted by atomic mass is 35.5. The molecule has 1 atom stereocenters. The van der Waals surface area contributed by atoms with Crippen molar-refractivity contribution in [2.24, 2.45) is 0 Å². The molecular formula is C25H31Cl2N3O5S. The van der Waals surface area contributed by atoms with E-state index in [4.69, 9.17) is 27.9 Å². The average molecular weight is 557 g/mol. The number of carbonyl (C=O) groups excluding carboxylic acids is 2. The van der Waals surface area contributed by atoms with Gasteiger partial charge in [0.2, 0.25) is 21.8 Å². The molecule has 8 nitrogen and oxygen atoms in total. The Kier molecular flexibility index (Phi) is 9.49. The van der Waals surface area contributed by atoms with E-state index >= 15 is 0 Å². The average Bonchev–Trinajstić information content (AvgIpc) is 3.33. The first-order valence-corrected chi connectivity index (χ1v) is 14.3. The van der Waals surface area contributed by atoms with Crippen LogP contribution in [-0.4, -0.2) is 57.1 Å². The van der Waals surface area contributed by atoms with E-state index in [0.29, 0.717) is 10.8 Å². The molecule has 0 radical (unpaired) electrons. The summed E-state index contributed by atoms with van der Waals surface area (Å²) in [5.74, 6) is -0.430. The van der Waals surface area contributed by atoms with Gasteiger partial charge in [-0.05, 0) is 55.7 Å². The molecule has 1 fully saturated rings. The molecule has 0 aliphatic heterocycles. The lowest BCUT2D eigenvalue weighted by Gasteiger charge is -2.32. The molecular weight excluding hydrogens is 525 g/mol. The van der Waals surface area contributed by atoms with Crippen molar-refractivity contribution in [1.82, 2.24) is 10.2 Å². The molecule has 36 heavy (non-hydrogen) atoms. The minimum absolute atomic E-state index is 0.0846. The van der Waals surface area contributed by atoms with E-state index in [1.54, 1.807) is 31.2 Å². The molecule has 0 spiro atoms. The molecule has 0 saturated heterocycles. The zero-order valence-corrected chi connectivity index (χ0v) is 22.9. The Labute approximate surface area is 222 Å². The second-order valence-electron chi connectivity index (χ2n) is 8.90. The van der Waals surface area contributed by atoms with Gasteiger partial charge in [0.05, 0.1) is 24.1 Å². The van der Waals surface area contributed by atoms with Crippen molar-refractivity contribution in [3.63, 3.8) is 0 Å². The summed E-state index contributed by atoms with van der Waals surface area (Å²) in [5, 5.41) is 3.78. The van der Waals surface area contributed by atoms with E-state index in [-0.39, 0.29) is 29.2 Å². The highest BCUT2D eigenvalue weighted by molar-refractivity contribution is 7.92. The topological polar surface area (TPSA) is 96.0 Å². The molecule has 1 saturated carbocycles. The first-order chi connectivity index (χ1) is 17.0. The van der Waals surface area contributed by atoms with Crippen LogP contribution in [0.3, 0.4) is 0 Å². The molecule has 0 heterocycles. The van der Waals surface area contributed by atoms with Gasteiger partial charge in [-0.25, -0.2) is 8.42 Å². The molecule has 196 valence electrons. The molecule has 2 aromatic rings. The molecule has 0 bridgehead atoms. The van der Waals surface area contributed by atoms with Crippen molar-refractivity contribution in [3.8, 4) is 5.75 Å². The minimum Gasteiger partial charge on any atom is -0.495 e. The number of nitrogens with one attached hydrogen (secondary N) is 1. The lowest BCUT2D eigenvalue weighted by Crippen LogP contribution is -2.52. The van der Waals surface area contributed by atoms with Crippen molar-refractivity contribution in [1.29, 1.82) is 0 Å². The number of amides is 2. The summed E-state index contributed by atoms with van der Waals surface area (Å²) in [6, 6.07) is 10.7. The van der Waals surface area contributed by atoms with E-state index in [9.17, 15) is 18.0 Å². The summed E-state index contributed by atoms with van der Waals surface area (Å²) in [4.78, 5) is 28.0. The second kappa shape index (κ2) is 12.2. The molecule has 3 rings (SSSR count). The van der Waals surface area contributed by atoms with Gasteiger partial charge in [-0.2, -0.15) is 0 Å². The van der Waals surface area contributed by atoms with Crippen molar-refractivity contribution in [3.05, 3.63) is 58.1 Å². The van der Waals surface area contributed by atoms with Gasteiger partial charge in [0.25, 0.3) is 0 Å². The fraction of sp³-hybridized carbons (Fsp3) is 0.440. The summed E-state index contributed by atoms with van der Waals surface area (Å²) >= 11 is 12.2. The van der Waals surface area contributed by atoms with Crippen LogP contribution in [0.4, 0.5) is 5.69 Å². The van der Waals surface area contributed by atoms with E-state index in [0.717, 1.165) is 41.8 Å². The number of rotatable bonds is 10. The van der Waals surface area contributed by atoms with Gasteiger partial charge in [0, 0.05) is 17.6 Å². The predicted molar refractivity (Wildman–Crippen MR) is 142 cm³/mol. The molecule has 1 aliphatic carbocycles. The van der Waals surface area contributed by atoms with Crippen molar-refractivity contribution < 1.29 is 22.7 Å². The molecule has 1 unspecified atom stereocenters. The first-order valence-electron chi connectivity index (χ1n) is 11.6. The monoisotopic (exact) mass is 555 g/mol. The van der Waals surface area contributed by atoms with Crippen LogP contribution in [0, 0.1) is 0 Å². The van der Waals surface area contributed by atoms with Crippen LogP contribution >= 0.6 is 23.2 Å². The Hall–Kier alpha value is -2.49. The molecule has 1 N–H and O–H groups in total. The van der Waals surface area contributed by atoms with Gasteiger partial charge in [-0.1, -0.05) is 48.2 Å². The molecule has 1 aliphatic rings. The van der Waals surface area contributed by atoms with Crippen LogP contribution in [-0.2, 0) is 26.2 Å². The number of halogens is 2. The number of sulfonamides is 1. The lowest BCUT2D eigenvalue weighted by atomic mass is 10.1. The molecule has 2 aromatic carbocycles. The third kappa shape index (κ3) is 7.27. The van der Waals surface area contributed by atoms with Gasteiger partial charge in [-0.3, -0.25) is 13.9 Å². The lowest BCUT2D eigenvalue weighted by molar-refractivity contribution is -0.139. The fourth-order valence-corrected chi connectivity index (χ4v) is 5.40. The summed E-state index contributed by atoms with van der Waals surface area (Å²) < 4.78 is 31.5. The third-order valence-electron chi connectivity index (χ3n) is 6.24. The normalized spacial score (nSPS) is 14.8. The van der Waals surface area contributed by atoms with Crippen LogP contribution in [0.25, 0.3) is 0 Å². The Morgan fingerprint density at radius 1 is 1.11 bits per heavy atom. The SMILES string of the molecule is COc1ccc(N(CC(=O)N(Cc2ccc(Cl)cc2)C(C)C(=O)NC2CCCC2)S(C)(=O)=O)cc1Cl. The number of methoxy groups -OCH3 is 1. The zero-order chi connectivity index (χ0) is 26.5. The zero-order valence-electron chi connectivity index (χ0n) is 20.5. The van der Waals surface area contributed by atoms with Crippen molar-refractivity contribution in [2.75, 3.05) is 24.2 Å². The van der Waals surface area contributed by atoms with Gasteiger partial charge in [-0.15, -0.1) is 0 Å². The van der Waals surface area contributed by atoms with E-state index < -0.39 is 28.5 Å². The van der Waals surface area contributed by atoms with Crippen LogP contribution in [0.15, 0.2) is 42.5 Å². The van der Waals surface area contributed by atoms with Gasteiger partial charge in [0.1, 0.15) is 18.3 Å². The summed E-state index contributed by atoms with van der Waals surface area (Å²) in [6.45, 7) is 1.25. The van der Waals surface area contributed by atoms with Crippen LogP contribution < -0.4 is 14.4 Å². The smallest absolute Gasteiger partial charge is 0.244 e. The third-order valence-corrected chi connectivity index (χ3v) is 7.93. The molecule has 11 heteroatoms. The highest BCUT2D eigenvalue weighted by Gasteiger charge is 2.31. The number of benzene rings is 2. The summed E-state index contributed by atoms with van der Waals surface area (Å²) in [7, 11) is -2.41. The predicted octanol–water partition coefficient (Wildman–Crippen LogP) is 4.24. The Balaban J connectivity index is 1.89. The van der Waals surface area contributed by atoms with Crippen LogP contribution in [0.1, 0.15) is 38.2 Å². The Morgan fingerprint density at radius 3 is 2.31 bits per heavy atom. The van der Waals surface area contributed by atoms with Gasteiger partial charge < -0.3 is 15.0 Å². The first kappa shape index (κ1) is 28.1. The summed E-state index contributed by atoms with van der Waals surface area (Å²) in [5.41, 5.74) is 0.970. The fourth-order valence-electron chi connectivity index (χ4n) is 4.19. The number of carbonyl (C=O) groups is 2. The number of hydrogen-bond acceptors (Lipinski definition) is 5. The number of hydrogen-bond donors (Lipinski definition) is 1. The van der Waals surface area contributed by atoms with E-state index in [1.807, 2.05) is 0 Å². The number of anilines is 1. The van der Waals surface area contributed by atoms with Gasteiger partial charge in [0.15, 0.2) is 0 Å². The number of nitrogens with zero attached hydrogens (tertiary/aromatic N) is 2. The highest BCUT2D eigenvalue weighted by Crippen LogP contribution is 2.30. The van der Waals surface area contributed by atoms with E-state index in [2.05, 4.69) is 5.32 Å². The van der Waals surface area contributed by atoms with Crippen molar-refractivity contribution >= 4 is 50.7 Å². The van der Waals surface area contributed by atoms with Crippen LogP contribution in [0.2, 0.25) is 10.0 Å². The standard InChI is InChI=1S/C25H31Cl2N3O5S/c1-17(25(32)28-20-6-4-5-7-20)29(15-18-8-10-19(26)11-9-18)24(31)16-30(36(3,33)34)21-12-13-23(35-2)22(27)14-21/h8-14,17,20H,4-7,15-16H2,1-3H3,(H,28,32). The molecule has 2 amide bonds. The summed E-state index contributed by atoms with van der Waals surface area (Å²) in [6.07, 6.45) is 4.94. The quantitative estimate of drug-likeness (QED) is 0.472. The Bertz CT molecular complexity index is 1180. The maximum Gasteiger partial charge on any atom is 0.244 e. The minimum atomic E-state index is -3.86. The van der Waals surface area contributed by atoms with E-state index in [1.165, 1.54) is 30.2 Å². The second-order valence-corrected chi connectivity index (χ2v) is 11.7. The molecule has 0 aromatic heterocycles. The van der Waals surface area contributed by atoms with Crippen molar-refractivity contribution in [2.45, 2.75) is 51.2 Å². The largest absolute Gasteiger partial charge is 0.495 e. The maximum absolute atomic E-state index is 13.6. The van der Waals surface area contributed by atoms with Crippen LogP contribution in [0.5, 0.6) is 5.75 Å². The maximum atomic E-state index is 13.6. The van der Waals surface area contributed by atoms with Gasteiger partial charge >= 0.3 is 0 Å². The Morgan fingerprint density at radius 2 is 1.75 bits per heavy atom.